The number of carbonyl (C=O) groups is 1. The molecule has 0 unspecified atom stereocenters. The minimum atomic E-state index is -0.825. The van der Waals surface area contributed by atoms with Gasteiger partial charge in [0, 0.05) is 0 Å². The van der Waals surface area contributed by atoms with Crippen molar-refractivity contribution in [2.45, 2.75) is 17.5 Å². The molecule has 0 spiro atoms. The number of aromatic hydroxyl groups is 1. The Bertz CT molecular complexity index is 1400. The van der Waals surface area contributed by atoms with Crippen molar-refractivity contribution in [2.24, 2.45) is 0 Å². The van der Waals surface area contributed by atoms with Gasteiger partial charge >= 0.3 is 199 Å². The zero-order chi connectivity index (χ0) is 23.6. The van der Waals surface area contributed by atoms with Crippen molar-refractivity contribution in [1.82, 2.24) is 9.58 Å². The van der Waals surface area contributed by atoms with E-state index in [9.17, 15) is 14.7 Å². The summed E-state index contributed by atoms with van der Waals surface area (Å²) in [6, 6.07) is 10.2. The Labute approximate surface area is 199 Å². The van der Waals surface area contributed by atoms with Gasteiger partial charge in [0.1, 0.15) is 0 Å². The first-order chi connectivity index (χ1) is 16.5. The zero-order valence-electron chi connectivity index (χ0n) is 17.8. The number of nitrogens with zero attached hydrogens (tertiary/aromatic N) is 3. The summed E-state index contributed by atoms with van der Waals surface area (Å²) < 4.78 is 38.7. The van der Waals surface area contributed by atoms with E-state index in [1.807, 2.05) is 24.3 Å². The molecule has 7 nitrogen and oxygen atoms in total. The van der Waals surface area contributed by atoms with Gasteiger partial charge < -0.3 is 0 Å². The second kappa shape index (κ2) is 7.94. The summed E-state index contributed by atoms with van der Waals surface area (Å²) in [5, 5.41) is 12.7. The molecule has 0 saturated carbocycles. The number of carbonyl (C=O) groups excluding carboxylic acids is 1. The number of amides is 1. The van der Waals surface area contributed by atoms with Gasteiger partial charge in [0.15, 0.2) is 0 Å². The first-order valence-electron chi connectivity index (χ1n) is 10.8. The standard InChI is InChI=1S/C24H19F2N3O4Se/c25-15-5-6-16(26)20-14(15)12-34-18-4-2-1-3-13(18)21(20)29-19-11-33-10-9-27(19)24(32)22-23(31)17(30)7-8-28(22)29/h1-8,19,21,31H,9-12H2/t19-,21-/m1/s1. The SMILES string of the molecule is O=C1c2c(O)c(=O)ccn2N([C@@H]2c3ccccc3[Se]Cc3c(F)ccc(F)c32)[C@@H]2COCCN12. The zero-order valence-corrected chi connectivity index (χ0v) is 19.5. The van der Waals surface area contributed by atoms with E-state index < -0.39 is 40.9 Å². The predicted octanol–water partition coefficient (Wildman–Crippen LogP) is 1.21. The van der Waals surface area contributed by atoms with Gasteiger partial charge in [-0.15, -0.1) is 0 Å². The van der Waals surface area contributed by atoms with Crippen molar-refractivity contribution in [3.05, 3.63) is 92.9 Å². The molecule has 3 aliphatic rings. The van der Waals surface area contributed by atoms with Crippen LogP contribution in [0.1, 0.15) is 33.2 Å². The van der Waals surface area contributed by atoms with Crippen LogP contribution in [-0.4, -0.2) is 61.5 Å². The number of benzene rings is 2. The van der Waals surface area contributed by atoms with Crippen molar-refractivity contribution in [1.29, 1.82) is 0 Å². The third-order valence-electron chi connectivity index (χ3n) is 6.55. The predicted molar refractivity (Wildman–Crippen MR) is 120 cm³/mol. The number of hydrogen-bond acceptors (Lipinski definition) is 5. The molecule has 0 radical (unpaired) electrons. The van der Waals surface area contributed by atoms with E-state index in [-0.39, 0.29) is 46.0 Å². The molecular weight excluding hydrogens is 511 g/mol. The quantitative estimate of drug-likeness (QED) is 0.479. The number of fused-ring (bicyclic) bond motifs is 4. The molecule has 1 saturated heterocycles. The second-order valence-corrected chi connectivity index (χ2v) is 10.4. The first kappa shape index (κ1) is 21.3. The van der Waals surface area contributed by atoms with Crippen LogP contribution >= 0.6 is 0 Å². The Morgan fingerprint density at radius 1 is 1.06 bits per heavy atom. The average molecular weight is 530 g/mol. The van der Waals surface area contributed by atoms with Crippen LogP contribution in [0.2, 0.25) is 0 Å². The minimum absolute atomic E-state index is 0.133. The molecule has 0 aliphatic carbocycles. The summed E-state index contributed by atoms with van der Waals surface area (Å²) in [7, 11) is 0. The molecule has 174 valence electrons. The number of aromatic nitrogens is 1. The maximum atomic E-state index is 15.5. The molecule has 4 heterocycles. The number of ether oxygens (including phenoxy) is 1. The molecule has 1 N–H and O–H groups in total. The third kappa shape index (κ3) is 3.02. The van der Waals surface area contributed by atoms with Crippen molar-refractivity contribution in [2.75, 3.05) is 24.8 Å². The second-order valence-electron chi connectivity index (χ2n) is 8.31. The van der Waals surface area contributed by atoms with Crippen molar-refractivity contribution in [3.63, 3.8) is 0 Å². The molecule has 1 aromatic heterocycles. The Morgan fingerprint density at radius 3 is 2.71 bits per heavy atom. The van der Waals surface area contributed by atoms with Crippen LogP contribution in [0.25, 0.3) is 0 Å². The van der Waals surface area contributed by atoms with Crippen LogP contribution in [-0.2, 0) is 10.1 Å². The Hall–Kier alpha value is -3.20. The van der Waals surface area contributed by atoms with Gasteiger partial charge in [-0.25, -0.2) is 0 Å². The Kier molecular flexibility index (Phi) is 4.98. The summed E-state index contributed by atoms with van der Waals surface area (Å²) in [6.45, 7) is 0.658. The fourth-order valence-corrected chi connectivity index (χ4v) is 7.34. The van der Waals surface area contributed by atoms with Gasteiger partial charge in [-0.2, -0.15) is 0 Å². The van der Waals surface area contributed by atoms with E-state index in [0.717, 1.165) is 28.2 Å². The summed E-state index contributed by atoms with van der Waals surface area (Å²) >= 11 is -0.155. The molecule has 10 heteroatoms. The first-order valence-corrected chi connectivity index (χ1v) is 12.8. The monoisotopic (exact) mass is 531 g/mol. The number of morpholine rings is 1. The number of rotatable bonds is 1. The van der Waals surface area contributed by atoms with E-state index in [1.165, 1.54) is 15.8 Å². The number of pyridine rings is 1. The molecule has 6 rings (SSSR count). The van der Waals surface area contributed by atoms with Gasteiger partial charge in [-0.3, -0.25) is 0 Å². The summed E-state index contributed by atoms with van der Waals surface area (Å²) in [5.41, 5.74) is 0.392. The van der Waals surface area contributed by atoms with E-state index in [4.69, 9.17) is 4.74 Å². The third-order valence-corrected chi connectivity index (χ3v) is 8.89. The van der Waals surface area contributed by atoms with E-state index in [1.54, 1.807) is 5.01 Å². The van der Waals surface area contributed by atoms with Crippen molar-refractivity contribution < 1.29 is 23.4 Å². The molecule has 2 atom stereocenters. The van der Waals surface area contributed by atoms with Crippen molar-refractivity contribution in [3.8, 4) is 5.75 Å². The van der Waals surface area contributed by atoms with E-state index >= 15 is 8.78 Å². The topological polar surface area (TPSA) is 75.0 Å². The Balaban J connectivity index is 1.69. The van der Waals surface area contributed by atoms with Crippen molar-refractivity contribution >= 4 is 25.3 Å². The van der Waals surface area contributed by atoms with E-state index in [2.05, 4.69) is 0 Å². The van der Waals surface area contributed by atoms with Crippen LogP contribution in [0.5, 0.6) is 5.75 Å². The fourth-order valence-electron chi connectivity index (χ4n) is 5.00. The molecule has 1 amide bonds. The van der Waals surface area contributed by atoms with Crippen LogP contribution in [0.15, 0.2) is 53.5 Å². The average Bonchev–Trinajstić information content (AvgIpc) is 3.02. The van der Waals surface area contributed by atoms with Gasteiger partial charge in [0.05, 0.1) is 0 Å². The molecular formula is C24H19F2N3O4Se. The molecule has 3 aliphatic heterocycles. The van der Waals surface area contributed by atoms with Gasteiger partial charge in [0.25, 0.3) is 0 Å². The van der Waals surface area contributed by atoms with Crippen LogP contribution in [0, 0.1) is 11.6 Å². The van der Waals surface area contributed by atoms with Crippen LogP contribution < -0.4 is 14.9 Å². The normalized spacial score (nSPS) is 21.3. The Morgan fingerprint density at radius 2 is 1.85 bits per heavy atom. The molecule has 34 heavy (non-hydrogen) atoms. The molecule has 1 fully saturated rings. The molecule has 0 bridgehead atoms. The van der Waals surface area contributed by atoms with Gasteiger partial charge in [0.2, 0.25) is 0 Å². The summed E-state index contributed by atoms with van der Waals surface area (Å²) in [5.74, 6) is -2.22. The fraction of sp³-hybridized carbons (Fsp3) is 0.250. The number of hydrogen-bond donors (Lipinski definition) is 1. The molecule has 2 aromatic carbocycles. The van der Waals surface area contributed by atoms with Crippen LogP contribution in [0.4, 0.5) is 8.78 Å². The molecule has 3 aromatic rings. The van der Waals surface area contributed by atoms with Gasteiger partial charge in [-0.1, -0.05) is 0 Å². The summed E-state index contributed by atoms with van der Waals surface area (Å²) in [4.78, 5) is 27.1. The number of halogens is 2. The summed E-state index contributed by atoms with van der Waals surface area (Å²) in [6.07, 6.45) is 0.742. The van der Waals surface area contributed by atoms with E-state index in [0.29, 0.717) is 10.9 Å². The van der Waals surface area contributed by atoms with Crippen LogP contribution in [0.3, 0.4) is 0 Å². The maximum absolute atomic E-state index is 15.5. The van der Waals surface area contributed by atoms with Gasteiger partial charge in [-0.05, 0) is 0 Å².